The molecule has 3 nitrogen and oxygen atoms in total. The molecule has 0 saturated carbocycles. The van der Waals surface area contributed by atoms with Crippen LogP contribution in [0.2, 0.25) is 0 Å². The summed E-state index contributed by atoms with van der Waals surface area (Å²) < 4.78 is 12.1. The van der Waals surface area contributed by atoms with Gasteiger partial charge in [0.05, 0.1) is 12.2 Å². The summed E-state index contributed by atoms with van der Waals surface area (Å²) in [5.74, 6) is 0.805. The highest BCUT2D eigenvalue weighted by atomic mass is 32.9. The van der Waals surface area contributed by atoms with Crippen molar-refractivity contribution in [2.24, 2.45) is 0 Å². The monoisotopic (exact) mass is 416 g/mol. The normalized spacial score (nSPS) is 10.6. The fourth-order valence-electron chi connectivity index (χ4n) is 2.48. The van der Waals surface area contributed by atoms with E-state index in [1.54, 1.807) is 51.0 Å². The number of hydrogen-bond acceptors (Lipinski definition) is 6. The molecule has 0 spiro atoms. The molecule has 3 rings (SSSR count). The van der Waals surface area contributed by atoms with Crippen molar-refractivity contribution in [3.63, 3.8) is 0 Å². The zero-order valence-electron chi connectivity index (χ0n) is 15.0. The van der Waals surface area contributed by atoms with Crippen molar-refractivity contribution in [1.82, 2.24) is 0 Å². The molecule has 0 unspecified atom stereocenters. The third kappa shape index (κ3) is 5.73. The van der Waals surface area contributed by atoms with E-state index in [9.17, 15) is 4.79 Å². The van der Waals surface area contributed by atoms with Crippen molar-refractivity contribution in [2.75, 3.05) is 6.61 Å². The molecule has 0 aliphatic carbocycles. The third-order valence-electron chi connectivity index (χ3n) is 3.90. The van der Waals surface area contributed by atoms with Crippen LogP contribution in [0.15, 0.2) is 54.6 Å². The van der Waals surface area contributed by atoms with Crippen molar-refractivity contribution in [3.8, 4) is 21.9 Å². The standard InChI is InChI=1S/C21H20O3S3/c1-2-3-4-12-23-18-7-5-6-16(13-18)21(22)24-17-10-8-15(9-11-17)19-14-20(25)27-26-19/h5-11,13-14H,2-4,12H2,1H3. The first kappa shape index (κ1) is 19.7. The molecule has 0 aliphatic heterocycles. The van der Waals surface area contributed by atoms with Gasteiger partial charge in [-0.15, -0.1) is 0 Å². The molecule has 3 aromatic rings. The Balaban J connectivity index is 1.62. The number of hydrogen-bond donors (Lipinski definition) is 0. The van der Waals surface area contributed by atoms with Gasteiger partial charge in [0.15, 0.2) is 0 Å². The Kier molecular flexibility index (Phi) is 7.15. The number of carbonyl (C=O) groups is 1. The van der Waals surface area contributed by atoms with Crippen molar-refractivity contribution >= 4 is 38.9 Å². The quantitative estimate of drug-likeness (QED) is 0.130. The molecule has 0 bridgehead atoms. The molecule has 140 valence electrons. The van der Waals surface area contributed by atoms with Crippen LogP contribution >= 0.6 is 32.9 Å². The Labute approximate surface area is 171 Å². The number of benzene rings is 2. The number of esters is 1. The molecule has 2 aromatic carbocycles. The van der Waals surface area contributed by atoms with Crippen LogP contribution in [-0.4, -0.2) is 12.6 Å². The Morgan fingerprint density at radius 2 is 1.81 bits per heavy atom. The van der Waals surface area contributed by atoms with Gasteiger partial charge >= 0.3 is 5.97 Å². The molecule has 0 amide bonds. The summed E-state index contributed by atoms with van der Waals surface area (Å²) in [5, 5.41) is 0. The highest BCUT2D eigenvalue weighted by Gasteiger charge is 2.10. The van der Waals surface area contributed by atoms with Gasteiger partial charge in [-0.05, 0) is 60.5 Å². The lowest BCUT2D eigenvalue weighted by atomic mass is 10.2. The number of rotatable bonds is 8. The first-order valence-electron chi connectivity index (χ1n) is 8.81. The van der Waals surface area contributed by atoms with E-state index < -0.39 is 5.97 Å². The molecule has 27 heavy (non-hydrogen) atoms. The van der Waals surface area contributed by atoms with Gasteiger partial charge in [-0.1, -0.05) is 58.7 Å². The number of ether oxygens (including phenoxy) is 2. The van der Waals surface area contributed by atoms with Crippen molar-refractivity contribution in [1.29, 1.82) is 0 Å². The zero-order valence-corrected chi connectivity index (χ0v) is 17.4. The van der Waals surface area contributed by atoms with E-state index in [1.165, 1.54) is 0 Å². The van der Waals surface area contributed by atoms with Gasteiger partial charge in [-0.2, -0.15) is 0 Å². The maximum atomic E-state index is 12.4. The molecule has 0 radical (unpaired) electrons. The van der Waals surface area contributed by atoms with E-state index >= 15 is 0 Å². The molecule has 0 fully saturated rings. The van der Waals surface area contributed by atoms with Gasteiger partial charge in [0.2, 0.25) is 0 Å². The minimum atomic E-state index is -0.395. The average Bonchev–Trinajstić information content (AvgIpc) is 3.12. The zero-order chi connectivity index (χ0) is 19.1. The SMILES string of the molecule is CCCCCOc1cccc(C(=O)Oc2ccc(-c3cc(=S)ss3)cc2)c1. The van der Waals surface area contributed by atoms with Crippen molar-refractivity contribution in [2.45, 2.75) is 26.2 Å². The lowest BCUT2D eigenvalue weighted by Gasteiger charge is -2.08. The van der Waals surface area contributed by atoms with Gasteiger partial charge in [0, 0.05) is 4.88 Å². The van der Waals surface area contributed by atoms with Gasteiger partial charge in [-0.25, -0.2) is 4.79 Å². The molecular weight excluding hydrogens is 396 g/mol. The van der Waals surface area contributed by atoms with Gasteiger partial charge < -0.3 is 9.47 Å². The fraction of sp³-hybridized carbons (Fsp3) is 0.238. The summed E-state index contributed by atoms with van der Waals surface area (Å²) in [7, 11) is 3.23. The second kappa shape index (κ2) is 9.78. The smallest absolute Gasteiger partial charge is 0.343 e. The molecule has 1 heterocycles. The highest BCUT2D eigenvalue weighted by molar-refractivity contribution is 7.80. The van der Waals surface area contributed by atoms with E-state index in [0.29, 0.717) is 23.7 Å². The fourth-order valence-corrected chi connectivity index (χ4v) is 4.88. The van der Waals surface area contributed by atoms with Gasteiger partial charge in [0.25, 0.3) is 0 Å². The van der Waals surface area contributed by atoms with Crippen molar-refractivity contribution in [3.05, 3.63) is 64.0 Å². The molecule has 0 atom stereocenters. The lowest BCUT2D eigenvalue weighted by molar-refractivity contribution is 0.0734. The topological polar surface area (TPSA) is 35.5 Å². The minimum Gasteiger partial charge on any atom is -0.494 e. The predicted molar refractivity (Wildman–Crippen MR) is 115 cm³/mol. The number of carbonyl (C=O) groups excluding carboxylic acids is 1. The van der Waals surface area contributed by atoms with Crippen LogP contribution in [0, 0.1) is 3.82 Å². The largest absolute Gasteiger partial charge is 0.494 e. The van der Waals surface area contributed by atoms with Crippen LogP contribution in [-0.2, 0) is 0 Å². The Morgan fingerprint density at radius 1 is 1.00 bits per heavy atom. The van der Waals surface area contributed by atoms with Crippen LogP contribution in [0.3, 0.4) is 0 Å². The first-order valence-corrected chi connectivity index (χ1v) is 11.4. The minimum absolute atomic E-state index is 0.395. The molecule has 0 saturated heterocycles. The summed E-state index contributed by atoms with van der Waals surface area (Å²) >= 11 is 5.17. The maximum absolute atomic E-state index is 12.4. The Bertz CT molecular complexity index is 942. The third-order valence-corrected chi connectivity index (χ3v) is 6.81. The molecule has 0 aliphatic rings. The molecule has 6 heteroatoms. The van der Waals surface area contributed by atoms with Crippen LogP contribution in [0.5, 0.6) is 11.5 Å². The van der Waals surface area contributed by atoms with E-state index in [4.69, 9.17) is 21.7 Å². The van der Waals surface area contributed by atoms with Crippen LogP contribution in [0.4, 0.5) is 0 Å². The van der Waals surface area contributed by atoms with E-state index in [-0.39, 0.29) is 0 Å². The van der Waals surface area contributed by atoms with Gasteiger partial charge in [-0.3, -0.25) is 0 Å². The maximum Gasteiger partial charge on any atom is 0.343 e. The second-order valence-electron chi connectivity index (χ2n) is 5.99. The van der Waals surface area contributed by atoms with E-state index in [1.807, 2.05) is 24.3 Å². The Morgan fingerprint density at radius 3 is 2.52 bits per heavy atom. The summed E-state index contributed by atoms with van der Waals surface area (Å²) in [6, 6.07) is 16.6. The van der Waals surface area contributed by atoms with Crippen LogP contribution in [0.25, 0.3) is 10.4 Å². The predicted octanol–water partition coefficient (Wildman–Crippen LogP) is 6.99. The summed E-state index contributed by atoms with van der Waals surface area (Å²) in [6.07, 6.45) is 3.29. The summed E-state index contributed by atoms with van der Waals surface area (Å²) in [4.78, 5) is 13.5. The highest BCUT2D eigenvalue weighted by Crippen LogP contribution is 2.30. The lowest BCUT2D eigenvalue weighted by Crippen LogP contribution is -2.08. The van der Waals surface area contributed by atoms with Crippen LogP contribution < -0.4 is 9.47 Å². The average molecular weight is 417 g/mol. The summed E-state index contributed by atoms with van der Waals surface area (Å²) in [5.41, 5.74) is 1.54. The summed E-state index contributed by atoms with van der Waals surface area (Å²) in [6.45, 7) is 2.81. The van der Waals surface area contributed by atoms with Crippen LogP contribution in [0.1, 0.15) is 36.5 Å². The van der Waals surface area contributed by atoms with E-state index in [0.717, 1.165) is 33.5 Å². The first-order chi connectivity index (χ1) is 13.2. The molecule has 1 aromatic heterocycles. The molecule has 0 N–H and O–H groups in total. The Hall–Kier alpha value is -2.02. The van der Waals surface area contributed by atoms with Crippen molar-refractivity contribution < 1.29 is 14.3 Å². The van der Waals surface area contributed by atoms with E-state index in [2.05, 4.69) is 6.92 Å². The second-order valence-corrected chi connectivity index (χ2v) is 8.90. The molecular formula is C21H20O3S3. The van der Waals surface area contributed by atoms with Gasteiger partial charge in [0.1, 0.15) is 15.3 Å². The number of unbranched alkanes of at least 4 members (excludes halogenated alkanes) is 2.